The van der Waals surface area contributed by atoms with E-state index in [1.165, 1.54) is 18.6 Å². The third kappa shape index (κ3) is 4.23. The molecular weight excluding hydrogens is 368 g/mol. The molecule has 148 valence electrons. The van der Waals surface area contributed by atoms with Crippen molar-refractivity contribution in [1.82, 2.24) is 20.3 Å². The van der Waals surface area contributed by atoms with Gasteiger partial charge >= 0.3 is 0 Å². The molecule has 3 N–H and O–H groups in total. The number of amides is 3. The number of aromatic nitrogens is 1. The van der Waals surface area contributed by atoms with Gasteiger partial charge < -0.3 is 20.7 Å². The first kappa shape index (κ1) is 19.6. The zero-order valence-corrected chi connectivity index (χ0v) is 16.6. The Kier molecular flexibility index (Phi) is 5.69. The number of hydrogen-bond acceptors (Lipinski definition) is 6. The van der Waals surface area contributed by atoms with Crippen LogP contribution in [0.5, 0.6) is 5.88 Å². The summed E-state index contributed by atoms with van der Waals surface area (Å²) in [5.41, 5.74) is 0.0232. The molecule has 1 unspecified atom stereocenters. The van der Waals surface area contributed by atoms with Crippen molar-refractivity contribution in [2.45, 2.75) is 51.6 Å². The second-order valence-corrected chi connectivity index (χ2v) is 8.51. The minimum absolute atomic E-state index is 0.0200. The van der Waals surface area contributed by atoms with Gasteiger partial charge in [0.25, 0.3) is 5.91 Å². The largest absolute Gasteiger partial charge is 0.480 e. The van der Waals surface area contributed by atoms with Gasteiger partial charge in [0.1, 0.15) is 5.56 Å². The first-order chi connectivity index (χ1) is 12.8. The highest BCUT2D eigenvalue weighted by Gasteiger charge is 2.42. The summed E-state index contributed by atoms with van der Waals surface area (Å²) in [7, 11) is 1.48. The van der Waals surface area contributed by atoms with Crippen molar-refractivity contribution < 1.29 is 19.1 Å². The maximum absolute atomic E-state index is 12.8. The topological polar surface area (TPSA) is 109 Å². The molecule has 2 aliphatic rings. The number of rotatable bonds is 5. The molecule has 1 saturated heterocycles. The molecule has 8 nitrogen and oxygen atoms in total. The van der Waals surface area contributed by atoms with Gasteiger partial charge in [-0.05, 0) is 36.2 Å². The molecule has 1 aliphatic carbocycles. The van der Waals surface area contributed by atoms with Crippen molar-refractivity contribution in [2.24, 2.45) is 11.3 Å². The van der Waals surface area contributed by atoms with Gasteiger partial charge in [0.15, 0.2) is 0 Å². The summed E-state index contributed by atoms with van der Waals surface area (Å²) in [5, 5.41) is 10.5. The Morgan fingerprint density at radius 3 is 2.67 bits per heavy atom. The Morgan fingerprint density at radius 1 is 1.30 bits per heavy atom. The predicted octanol–water partition coefficient (Wildman–Crippen LogP) is 1.08. The molecule has 1 aliphatic heterocycles. The summed E-state index contributed by atoms with van der Waals surface area (Å²) in [6, 6.07) is -0.250. The van der Waals surface area contributed by atoms with Gasteiger partial charge in [0.2, 0.25) is 17.7 Å². The van der Waals surface area contributed by atoms with Crippen LogP contribution < -0.4 is 20.7 Å². The Balaban J connectivity index is 1.62. The van der Waals surface area contributed by atoms with Crippen molar-refractivity contribution in [2.75, 3.05) is 13.7 Å². The fourth-order valence-corrected chi connectivity index (χ4v) is 4.53. The van der Waals surface area contributed by atoms with Crippen molar-refractivity contribution in [1.29, 1.82) is 0 Å². The normalized spacial score (nSPS) is 26.9. The van der Waals surface area contributed by atoms with E-state index in [1.807, 2.05) is 13.8 Å². The number of carbonyl (C=O) groups excluding carboxylic acids is 3. The molecule has 1 saturated carbocycles. The van der Waals surface area contributed by atoms with Crippen molar-refractivity contribution in [3.8, 4) is 5.88 Å². The Bertz CT molecular complexity index is 733. The summed E-state index contributed by atoms with van der Waals surface area (Å²) < 4.78 is 9.14. The maximum Gasteiger partial charge on any atom is 0.257 e. The lowest BCUT2D eigenvalue weighted by Gasteiger charge is -2.38. The molecule has 1 aromatic rings. The van der Waals surface area contributed by atoms with Crippen molar-refractivity contribution >= 4 is 29.3 Å². The van der Waals surface area contributed by atoms with Crippen LogP contribution in [0.3, 0.4) is 0 Å². The van der Waals surface area contributed by atoms with Gasteiger partial charge in [-0.1, -0.05) is 13.8 Å². The third-order valence-corrected chi connectivity index (χ3v) is 6.13. The van der Waals surface area contributed by atoms with E-state index in [0.717, 1.165) is 19.3 Å². The van der Waals surface area contributed by atoms with Gasteiger partial charge in [-0.2, -0.15) is 4.37 Å². The van der Waals surface area contributed by atoms with E-state index < -0.39 is 0 Å². The number of ether oxygens (including phenoxy) is 1. The second kappa shape index (κ2) is 7.84. The highest BCUT2D eigenvalue weighted by Crippen LogP contribution is 2.34. The zero-order valence-electron chi connectivity index (χ0n) is 15.8. The third-order valence-electron chi connectivity index (χ3n) is 5.51. The smallest absolute Gasteiger partial charge is 0.257 e. The van der Waals surface area contributed by atoms with Gasteiger partial charge in [0, 0.05) is 30.4 Å². The highest BCUT2D eigenvalue weighted by atomic mass is 32.1. The molecule has 0 aromatic carbocycles. The summed E-state index contributed by atoms with van der Waals surface area (Å²) in [4.78, 5) is 37.0. The molecular formula is C18H26N4O4S. The van der Waals surface area contributed by atoms with E-state index in [1.54, 1.807) is 5.38 Å². The summed E-state index contributed by atoms with van der Waals surface area (Å²) in [6.07, 6.45) is 2.89. The number of nitrogens with zero attached hydrogens (tertiary/aromatic N) is 1. The number of methoxy groups -OCH3 is 1. The van der Waals surface area contributed by atoms with E-state index in [2.05, 4.69) is 20.3 Å². The highest BCUT2D eigenvalue weighted by molar-refractivity contribution is 7.04. The van der Waals surface area contributed by atoms with Gasteiger partial charge in [-0.25, -0.2) is 0 Å². The number of nitrogens with one attached hydrogen (secondary N) is 3. The molecule has 0 bridgehead atoms. The van der Waals surface area contributed by atoms with Crippen LogP contribution in [0.25, 0.3) is 0 Å². The summed E-state index contributed by atoms with van der Waals surface area (Å²) in [5.74, 6) is -0.296. The van der Waals surface area contributed by atoms with Crippen LogP contribution in [0.1, 0.15) is 49.9 Å². The van der Waals surface area contributed by atoms with Crippen molar-refractivity contribution in [3.63, 3.8) is 0 Å². The van der Waals surface area contributed by atoms with Crippen LogP contribution in [0.2, 0.25) is 0 Å². The average Bonchev–Trinajstić information content (AvgIpc) is 3.23. The molecule has 0 spiro atoms. The lowest BCUT2D eigenvalue weighted by Crippen LogP contribution is -2.56. The Hall–Kier alpha value is -2.16. The van der Waals surface area contributed by atoms with Gasteiger partial charge in [0.05, 0.1) is 13.0 Å². The monoisotopic (exact) mass is 394 g/mol. The van der Waals surface area contributed by atoms with Gasteiger partial charge in [-0.15, -0.1) is 0 Å². The van der Waals surface area contributed by atoms with E-state index in [9.17, 15) is 14.4 Å². The molecule has 0 radical (unpaired) electrons. The Morgan fingerprint density at radius 2 is 2.00 bits per heavy atom. The minimum Gasteiger partial charge on any atom is -0.480 e. The SMILES string of the molecule is COc1nscc1C(=O)N[C@@H]1CCC[C@@H]1NC(=O)C1CNC(=O)CC1(C)C. The minimum atomic E-state index is -0.389. The molecule has 2 heterocycles. The molecule has 27 heavy (non-hydrogen) atoms. The van der Waals surface area contributed by atoms with Crippen LogP contribution >= 0.6 is 11.5 Å². The first-order valence-electron chi connectivity index (χ1n) is 9.18. The van der Waals surface area contributed by atoms with E-state index >= 15 is 0 Å². The lowest BCUT2D eigenvalue weighted by atomic mass is 9.73. The number of hydrogen-bond donors (Lipinski definition) is 3. The van der Waals surface area contributed by atoms with Crippen LogP contribution in [-0.2, 0) is 9.59 Å². The van der Waals surface area contributed by atoms with E-state index in [0.29, 0.717) is 24.4 Å². The summed E-state index contributed by atoms with van der Waals surface area (Å²) in [6.45, 7) is 4.23. The standard InChI is InChI=1S/C18H26N4O4S/c1-18(2)7-14(23)19-8-11(18)16(25)21-13-6-4-5-12(13)20-15(24)10-9-27-22-17(10)26-3/h9,11-13H,4-8H2,1-3H3,(H,19,23)(H,20,24)(H,21,25)/t11?,12-,13+/m1/s1. The summed E-state index contributed by atoms with van der Waals surface area (Å²) >= 11 is 1.17. The van der Waals surface area contributed by atoms with E-state index in [4.69, 9.17) is 4.74 Å². The number of carbonyl (C=O) groups is 3. The van der Waals surface area contributed by atoms with Crippen LogP contribution in [0, 0.1) is 11.3 Å². The molecule has 1 aromatic heterocycles. The van der Waals surface area contributed by atoms with Crippen LogP contribution in [-0.4, -0.2) is 47.8 Å². The molecule has 9 heteroatoms. The number of piperidine rings is 1. The van der Waals surface area contributed by atoms with Gasteiger partial charge in [-0.3, -0.25) is 14.4 Å². The second-order valence-electron chi connectivity index (χ2n) is 7.89. The van der Waals surface area contributed by atoms with Crippen molar-refractivity contribution in [3.05, 3.63) is 10.9 Å². The molecule has 2 fully saturated rings. The Labute approximate surface area is 162 Å². The molecule has 3 rings (SSSR count). The van der Waals surface area contributed by atoms with Crippen LogP contribution in [0.4, 0.5) is 0 Å². The maximum atomic E-state index is 12.8. The first-order valence-corrected chi connectivity index (χ1v) is 10.0. The quantitative estimate of drug-likeness (QED) is 0.692. The predicted molar refractivity (Wildman–Crippen MR) is 101 cm³/mol. The fraction of sp³-hybridized carbons (Fsp3) is 0.667. The lowest BCUT2D eigenvalue weighted by molar-refractivity contribution is -0.135. The van der Waals surface area contributed by atoms with Crippen LogP contribution in [0.15, 0.2) is 5.38 Å². The molecule has 3 atom stereocenters. The fourth-order valence-electron chi connectivity index (χ4n) is 3.90. The molecule has 3 amide bonds. The van der Waals surface area contributed by atoms with E-state index in [-0.39, 0.29) is 41.1 Å². The zero-order chi connectivity index (χ0) is 19.6. The average molecular weight is 394 g/mol.